The Morgan fingerprint density at radius 3 is 2.69 bits per heavy atom. The highest BCUT2D eigenvalue weighted by Gasteiger charge is 2.07. The van der Waals surface area contributed by atoms with Crippen molar-refractivity contribution in [1.82, 2.24) is 5.48 Å². The molecule has 0 unspecified atom stereocenters. The molecule has 6 heteroatoms. The molecule has 0 aliphatic carbocycles. The van der Waals surface area contributed by atoms with Gasteiger partial charge in [0.2, 0.25) is 5.91 Å². The molecule has 0 fully saturated rings. The van der Waals surface area contributed by atoms with Crippen LogP contribution < -0.4 is 11.2 Å². The van der Waals surface area contributed by atoms with Gasteiger partial charge in [-0.25, -0.2) is 5.48 Å². The fourth-order valence-electron chi connectivity index (χ4n) is 1.10. The van der Waals surface area contributed by atoms with Gasteiger partial charge in [0, 0.05) is 10.6 Å². The predicted octanol–water partition coefficient (Wildman–Crippen LogP) is 0.795. The Kier molecular flexibility index (Phi) is 4.28. The Morgan fingerprint density at radius 2 is 2.12 bits per heavy atom. The van der Waals surface area contributed by atoms with Crippen LogP contribution in [0.3, 0.4) is 0 Å². The number of hydrogen-bond acceptors (Lipinski definition) is 3. The number of amides is 2. The fraction of sp³-hybridized carbons (Fsp3) is 0.200. The Balaban J connectivity index is 2.62. The Labute approximate surface area is 97.5 Å². The zero-order valence-electron chi connectivity index (χ0n) is 8.62. The fourth-order valence-corrected chi connectivity index (χ4v) is 1.39. The van der Waals surface area contributed by atoms with Crippen LogP contribution in [0.1, 0.15) is 15.9 Å². The number of carbonyl (C=O) groups is 2. The van der Waals surface area contributed by atoms with Crippen LogP contribution in [-0.2, 0) is 9.63 Å². The van der Waals surface area contributed by atoms with Gasteiger partial charge in [-0.15, -0.1) is 0 Å². The lowest BCUT2D eigenvalue weighted by atomic mass is 10.1. The molecule has 5 nitrogen and oxygen atoms in total. The van der Waals surface area contributed by atoms with E-state index < -0.39 is 11.8 Å². The number of primary amides is 1. The van der Waals surface area contributed by atoms with Gasteiger partial charge >= 0.3 is 0 Å². The zero-order chi connectivity index (χ0) is 12.1. The maximum absolute atomic E-state index is 11.5. The molecule has 3 N–H and O–H groups in total. The summed E-state index contributed by atoms with van der Waals surface area (Å²) in [5.41, 5.74) is 8.13. The molecule has 1 aromatic carbocycles. The SMILES string of the molecule is Cc1cc(Cl)cc(C(=O)NOCC(N)=O)c1. The van der Waals surface area contributed by atoms with E-state index in [-0.39, 0.29) is 6.61 Å². The highest BCUT2D eigenvalue weighted by Crippen LogP contribution is 2.14. The minimum absolute atomic E-state index is 0.356. The van der Waals surface area contributed by atoms with E-state index in [2.05, 4.69) is 10.3 Å². The van der Waals surface area contributed by atoms with Gasteiger partial charge in [-0.05, 0) is 30.7 Å². The molecule has 0 spiro atoms. The van der Waals surface area contributed by atoms with Crippen molar-refractivity contribution in [1.29, 1.82) is 0 Å². The third kappa shape index (κ3) is 3.88. The minimum Gasteiger partial charge on any atom is -0.368 e. The van der Waals surface area contributed by atoms with Gasteiger partial charge in [0.25, 0.3) is 5.91 Å². The molecule has 0 radical (unpaired) electrons. The zero-order valence-corrected chi connectivity index (χ0v) is 9.38. The van der Waals surface area contributed by atoms with Crippen molar-refractivity contribution in [2.24, 2.45) is 5.73 Å². The average molecular weight is 243 g/mol. The van der Waals surface area contributed by atoms with Crippen molar-refractivity contribution in [3.05, 3.63) is 34.3 Å². The second-order valence-corrected chi connectivity index (χ2v) is 3.64. The highest BCUT2D eigenvalue weighted by molar-refractivity contribution is 6.31. The van der Waals surface area contributed by atoms with Crippen LogP contribution in [0.4, 0.5) is 0 Å². The van der Waals surface area contributed by atoms with E-state index in [9.17, 15) is 9.59 Å². The van der Waals surface area contributed by atoms with E-state index >= 15 is 0 Å². The highest BCUT2D eigenvalue weighted by atomic mass is 35.5. The molecule has 86 valence electrons. The predicted molar refractivity (Wildman–Crippen MR) is 58.8 cm³/mol. The number of aryl methyl sites for hydroxylation is 1. The third-order valence-electron chi connectivity index (χ3n) is 1.68. The molecule has 0 heterocycles. The van der Waals surface area contributed by atoms with Crippen molar-refractivity contribution in [3.8, 4) is 0 Å². The molecule has 0 saturated carbocycles. The molecule has 0 aromatic heterocycles. The second kappa shape index (κ2) is 5.48. The number of carbonyl (C=O) groups excluding carboxylic acids is 2. The standard InChI is InChI=1S/C10H11ClN2O3/c1-6-2-7(4-8(11)3-6)10(15)13-16-5-9(12)14/h2-4H,5H2,1H3,(H2,12,14)(H,13,15). The van der Waals surface area contributed by atoms with Crippen LogP contribution >= 0.6 is 11.6 Å². The number of nitrogens with one attached hydrogen (secondary N) is 1. The lowest BCUT2D eigenvalue weighted by molar-refractivity contribution is -0.124. The van der Waals surface area contributed by atoms with E-state index in [4.69, 9.17) is 17.3 Å². The molecule has 16 heavy (non-hydrogen) atoms. The molecule has 1 aromatic rings. The quantitative estimate of drug-likeness (QED) is 0.766. The first-order valence-corrected chi connectivity index (χ1v) is 4.84. The number of rotatable bonds is 4. The van der Waals surface area contributed by atoms with E-state index in [1.807, 2.05) is 6.92 Å². The summed E-state index contributed by atoms with van der Waals surface area (Å²) in [6.07, 6.45) is 0. The monoisotopic (exact) mass is 242 g/mol. The van der Waals surface area contributed by atoms with Crippen molar-refractivity contribution in [3.63, 3.8) is 0 Å². The van der Waals surface area contributed by atoms with Gasteiger partial charge in [0.1, 0.15) is 0 Å². The summed E-state index contributed by atoms with van der Waals surface area (Å²) in [4.78, 5) is 26.4. The van der Waals surface area contributed by atoms with E-state index in [1.54, 1.807) is 12.1 Å². The molecule has 0 bridgehead atoms. The smallest absolute Gasteiger partial charge is 0.274 e. The van der Waals surface area contributed by atoms with E-state index in [0.717, 1.165) is 5.56 Å². The van der Waals surface area contributed by atoms with Crippen molar-refractivity contribution < 1.29 is 14.4 Å². The molecular weight excluding hydrogens is 232 g/mol. The second-order valence-electron chi connectivity index (χ2n) is 3.20. The lowest BCUT2D eigenvalue weighted by Gasteiger charge is -2.05. The summed E-state index contributed by atoms with van der Waals surface area (Å²) in [6.45, 7) is 1.44. The Morgan fingerprint density at radius 1 is 1.44 bits per heavy atom. The number of hydrogen-bond donors (Lipinski definition) is 2. The lowest BCUT2D eigenvalue weighted by Crippen LogP contribution is -2.29. The molecule has 2 amide bonds. The first-order valence-electron chi connectivity index (χ1n) is 4.46. The van der Waals surface area contributed by atoms with Crippen LogP contribution in [0.5, 0.6) is 0 Å². The number of hydroxylamine groups is 1. The summed E-state index contributed by atoms with van der Waals surface area (Å²) in [5.74, 6) is -1.14. The van der Waals surface area contributed by atoms with Crippen molar-refractivity contribution in [2.45, 2.75) is 6.92 Å². The summed E-state index contributed by atoms with van der Waals surface area (Å²) >= 11 is 5.78. The van der Waals surface area contributed by atoms with Crippen molar-refractivity contribution >= 4 is 23.4 Å². The minimum atomic E-state index is -0.664. The molecule has 0 atom stereocenters. The molecule has 0 aliphatic heterocycles. The number of halogens is 1. The summed E-state index contributed by atoms with van der Waals surface area (Å²) in [6, 6.07) is 4.87. The first-order chi connectivity index (χ1) is 7.49. The van der Waals surface area contributed by atoms with Crippen LogP contribution in [0.15, 0.2) is 18.2 Å². The largest absolute Gasteiger partial charge is 0.368 e. The maximum Gasteiger partial charge on any atom is 0.274 e. The Bertz CT molecular complexity index is 400. The number of nitrogens with two attached hydrogens (primary N) is 1. The Hall–Kier alpha value is -1.59. The molecular formula is C10H11ClN2O3. The topological polar surface area (TPSA) is 81.4 Å². The first kappa shape index (κ1) is 12.5. The number of benzene rings is 1. The van der Waals surface area contributed by atoms with Gasteiger partial charge in [0.15, 0.2) is 6.61 Å². The van der Waals surface area contributed by atoms with Gasteiger partial charge in [-0.1, -0.05) is 11.6 Å². The van der Waals surface area contributed by atoms with Crippen molar-refractivity contribution in [2.75, 3.05) is 6.61 Å². The van der Waals surface area contributed by atoms with Crippen LogP contribution in [0, 0.1) is 6.92 Å². The van der Waals surface area contributed by atoms with Gasteiger partial charge in [0.05, 0.1) is 0 Å². The van der Waals surface area contributed by atoms with E-state index in [1.165, 1.54) is 6.07 Å². The van der Waals surface area contributed by atoms with Crippen LogP contribution in [0.2, 0.25) is 5.02 Å². The third-order valence-corrected chi connectivity index (χ3v) is 1.90. The summed E-state index contributed by atoms with van der Waals surface area (Å²) in [7, 11) is 0. The molecule has 1 rings (SSSR count). The van der Waals surface area contributed by atoms with Gasteiger partial charge in [-0.2, -0.15) is 0 Å². The molecule has 0 saturated heterocycles. The van der Waals surface area contributed by atoms with Gasteiger partial charge < -0.3 is 5.73 Å². The molecule has 0 aliphatic rings. The van der Waals surface area contributed by atoms with Crippen LogP contribution in [-0.4, -0.2) is 18.4 Å². The van der Waals surface area contributed by atoms with Gasteiger partial charge in [-0.3, -0.25) is 14.4 Å². The summed E-state index contributed by atoms with van der Waals surface area (Å²) in [5, 5.41) is 0.458. The van der Waals surface area contributed by atoms with E-state index in [0.29, 0.717) is 10.6 Å². The maximum atomic E-state index is 11.5. The average Bonchev–Trinajstić information content (AvgIpc) is 2.15. The van der Waals surface area contributed by atoms with Crippen LogP contribution in [0.25, 0.3) is 0 Å². The normalized spacial score (nSPS) is 9.88. The summed E-state index contributed by atoms with van der Waals surface area (Å²) < 4.78 is 0.